The Morgan fingerprint density at radius 3 is 2.83 bits per heavy atom. The fourth-order valence-electron chi connectivity index (χ4n) is 3.03. The maximum atomic E-state index is 13.8. The number of aromatic nitrogens is 2. The van der Waals surface area contributed by atoms with E-state index in [0.29, 0.717) is 18.1 Å². The van der Waals surface area contributed by atoms with Gasteiger partial charge in [0.15, 0.2) is 5.96 Å². The largest absolute Gasteiger partial charge is 0.380 e. The second kappa shape index (κ2) is 9.84. The van der Waals surface area contributed by atoms with Gasteiger partial charge in [-0.1, -0.05) is 18.2 Å². The molecule has 7 heteroatoms. The maximum Gasteiger partial charge on any atom is 0.191 e. The van der Waals surface area contributed by atoms with Crippen molar-refractivity contribution in [2.75, 3.05) is 14.2 Å². The molecule has 152 valence electrons. The Hall–Kier alpha value is -3.19. The number of halogens is 1. The van der Waals surface area contributed by atoms with Crippen molar-refractivity contribution in [2.45, 2.75) is 26.1 Å². The number of methoxy groups -OCH3 is 1. The Balaban J connectivity index is 1.63. The molecule has 0 saturated heterocycles. The van der Waals surface area contributed by atoms with E-state index in [2.05, 4.69) is 39.8 Å². The van der Waals surface area contributed by atoms with Crippen molar-refractivity contribution < 1.29 is 9.13 Å². The lowest BCUT2D eigenvalue weighted by Gasteiger charge is -2.19. The van der Waals surface area contributed by atoms with Gasteiger partial charge in [0.25, 0.3) is 0 Å². The van der Waals surface area contributed by atoms with Crippen LogP contribution in [0.4, 0.5) is 4.39 Å². The van der Waals surface area contributed by atoms with E-state index in [4.69, 9.17) is 4.74 Å². The summed E-state index contributed by atoms with van der Waals surface area (Å²) in [5.41, 5.74) is 3.61. The van der Waals surface area contributed by atoms with Crippen molar-refractivity contribution in [1.82, 2.24) is 20.4 Å². The summed E-state index contributed by atoms with van der Waals surface area (Å²) in [5.74, 6) is 0.406. The second-order valence-electron chi connectivity index (χ2n) is 6.70. The second-order valence-corrected chi connectivity index (χ2v) is 6.70. The van der Waals surface area contributed by atoms with Crippen molar-refractivity contribution in [3.8, 4) is 5.69 Å². The lowest BCUT2D eigenvalue weighted by molar-refractivity contribution is 0.181. The summed E-state index contributed by atoms with van der Waals surface area (Å²) in [4.78, 5) is 4.30. The van der Waals surface area contributed by atoms with Gasteiger partial charge in [-0.25, -0.2) is 9.07 Å². The fourth-order valence-corrected chi connectivity index (χ4v) is 3.03. The molecular weight excluding hydrogens is 369 g/mol. The average molecular weight is 395 g/mol. The predicted molar refractivity (Wildman–Crippen MR) is 112 cm³/mol. The average Bonchev–Trinajstić information content (AvgIpc) is 3.28. The van der Waals surface area contributed by atoms with Gasteiger partial charge in [-0.05, 0) is 48.4 Å². The van der Waals surface area contributed by atoms with E-state index in [1.807, 2.05) is 29.1 Å². The summed E-state index contributed by atoms with van der Waals surface area (Å²) in [6.07, 6.45) is 3.67. The smallest absolute Gasteiger partial charge is 0.191 e. The SMILES string of the molecule is CN=C(NCc1ccc(F)c(COC)c1)NC(C)c1cccc(-n2cccn2)c1. The quantitative estimate of drug-likeness (QED) is 0.474. The molecule has 6 nitrogen and oxygen atoms in total. The van der Waals surface area contributed by atoms with Crippen LogP contribution in [0.15, 0.2) is 65.9 Å². The molecule has 0 amide bonds. The first-order chi connectivity index (χ1) is 14.1. The Bertz CT molecular complexity index is 956. The molecule has 3 rings (SSSR count). The first kappa shape index (κ1) is 20.5. The Morgan fingerprint density at radius 1 is 1.24 bits per heavy atom. The molecular formula is C22H26FN5O. The van der Waals surface area contributed by atoms with Crippen LogP contribution in [0.2, 0.25) is 0 Å². The van der Waals surface area contributed by atoms with Crippen molar-refractivity contribution in [2.24, 2.45) is 4.99 Å². The molecule has 3 aromatic rings. The summed E-state index contributed by atoms with van der Waals surface area (Å²) < 4.78 is 20.6. The van der Waals surface area contributed by atoms with Gasteiger partial charge in [-0.2, -0.15) is 5.10 Å². The number of guanidine groups is 1. The third-order valence-corrected chi connectivity index (χ3v) is 4.59. The summed E-state index contributed by atoms with van der Waals surface area (Å²) in [7, 11) is 3.28. The van der Waals surface area contributed by atoms with Crippen LogP contribution in [0.1, 0.15) is 29.7 Å². The summed E-state index contributed by atoms with van der Waals surface area (Å²) >= 11 is 0. The van der Waals surface area contributed by atoms with E-state index in [1.165, 1.54) is 6.07 Å². The van der Waals surface area contributed by atoms with Gasteiger partial charge >= 0.3 is 0 Å². The van der Waals surface area contributed by atoms with E-state index in [0.717, 1.165) is 16.8 Å². The molecule has 0 aliphatic heterocycles. The molecule has 0 spiro atoms. The lowest BCUT2D eigenvalue weighted by Crippen LogP contribution is -2.38. The molecule has 2 aromatic carbocycles. The molecule has 29 heavy (non-hydrogen) atoms. The summed E-state index contributed by atoms with van der Waals surface area (Å²) in [5, 5.41) is 10.9. The van der Waals surface area contributed by atoms with Crippen molar-refractivity contribution in [3.63, 3.8) is 0 Å². The summed E-state index contributed by atoms with van der Waals surface area (Å²) in [6, 6.07) is 15.1. The molecule has 0 aliphatic carbocycles. The van der Waals surface area contributed by atoms with Crippen LogP contribution < -0.4 is 10.6 Å². The van der Waals surface area contributed by atoms with Crippen LogP contribution in [0.25, 0.3) is 5.69 Å². The molecule has 0 fully saturated rings. The number of hydrogen-bond acceptors (Lipinski definition) is 3. The first-order valence-corrected chi connectivity index (χ1v) is 9.44. The first-order valence-electron chi connectivity index (χ1n) is 9.44. The molecule has 2 N–H and O–H groups in total. The number of rotatable bonds is 7. The van der Waals surface area contributed by atoms with Crippen LogP contribution in [0, 0.1) is 5.82 Å². The fraction of sp³-hybridized carbons (Fsp3) is 0.273. The van der Waals surface area contributed by atoms with Crippen molar-refractivity contribution >= 4 is 5.96 Å². The monoisotopic (exact) mass is 395 g/mol. The van der Waals surface area contributed by atoms with Gasteiger partial charge in [0.2, 0.25) is 0 Å². The van der Waals surface area contributed by atoms with Crippen LogP contribution >= 0.6 is 0 Å². The van der Waals surface area contributed by atoms with E-state index in [1.54, 1.807) is 32.5 Å². The van der Waals surface area contributed by atoms with E-state index in [-0.39, 0.29) is 18.5 Å². The van der Waals surface area contributed by atoms with Crippen LogP contribution in [0.3, 0.4) is 0 Å². The lowest BCUT2D eigenvalue weighted by atomic mass is 10.1. The van der Waals surface area contributed by atoms with Gasteiger partial charge in [-0.3, -0.25) is 4.99 Å². The summed E-state index contributed by atoms with van der Waals surface area (Å²) in [6.45, 7) is 2.84. The minimum absolute atomic E-state index is 0.0361. The molecule has 0 aliphatic rings. The van der Waals surface area contributed by atoms with Crippen LogP contribution in [-0.4, -0.2) is 29.9 Å². The molecule has 1 heterocycles. The van der Waals surface area contributed by atoms with Gasteiger partial charge < -0.3 is 15.4 Å². The number of nitrogens with one attached hydrogen (secondary N) is 2. The van der Waals surface area contributed by atoms with Crippen LogP contribution in [-0.2, 0) is 17.9 Å². The Labute approximate surface area is 170 Å². The number of ether oxygens (including phenoxy) is 1. The van der Waals surface area contributed by atoms with E-state index in [9.17, 15) is 4.39 Å². The number of benzene rings is 2. The zero-order valence-electron chi connectivity index (χ0n) is 16.9. The molecule has 1 unspecified atom stereocenters. The Kier molecular flexibility index (Phi) is 6.97. The maximum absolute atomic E-state index is 13.8. The van der Waals surface area contributed by atoms with Gasteiger partial charge in [0.05, 0.1) is 18.3 Å². The number of hydrogen-bond donors (Lipinski definition) is 2. The van der Waals surface area contributed by atoms with E-state index < -0.39 is 0 Å². The molecule has 0 saturated carbocycles. The molecule has 1 atom stereocenters. The zero-order valence-corrected chi connectivity index (χ0v) is 16.9. The molecule has 0 bridgehead atoms. The van der Waals surface area contributed by atoms with Crippen LogP contribution in [0.5, 0.6) is 0 Å². The van der Waals surface area contributed by atoms with Gasteiger partial charge in [0.1, 0.15) is 5.82 Å². The van der Waals surface area contributed by atoms with Crippen molar-refractivity contribution in [1.29, 1.82) is 0 Å². The number of nitrogens with zero attached hydrogens (tertiary/aromatic N) is 3. The zero-order chi connectivity index (χ0) is 20.6. The topological polar surface area (TPSA) is 63.5 Å². The third kappa shape index (κ3) is 5.42. The predicted octanol–water partition coefficient (Wildman–Crippen LogP) is 3.58. The van der Waals surface area contributed by atoms with Gasteiger partial charge in [-0.15, -0.1) is 0 Å². The standard InChI is InChI=1S/C22H26FN5O/c1-16(18-6-4-7-20(13-18)28-11-5-10-26-28)27-22(24-2)25-14-17-8-9-21(23)19(12-17)15-29-3/h4-13,16H,14-15H2,1-3H3,(H2,24,25,27). The van der Waals surface area contributed by atoms with Gasteiger partial charge in [0, 0.05) is 38.7 Å². The highest BCUT2D eigenvalue weighted by molar-refractivity contribution is 5.80. The highest BCUT2D eigenvalue weighted by Crippen LogP contribution is 2.16. The molecule has 1 aromatic heterocycles. The normalized spacial score (nSPS) is 12.6. The Morgan fingerprint density at radius 2 is 2.10 bits per heavy atom. The van der Waals surface area contributed by atoms with E-state index >= 15 is 0 Å². The highest BCUT2D eigenvalue weighted by atomic mass is 19.1. The minimum Gasteiger partial charge on any atom is -0.380 e. The number of aliphatic imine (C=N–C) groups is 1. The minimum atomic E-state index is -0.260. The molecule has 0 radical (unpaired) electrons. The highest BCUT2D eigenvalue weighted by Gasteiger charge is 2.10. The van der Waals surface area contributed by atoms with Crippen molar-refractivity contribution in [3.05, 3.63) is 83.4 Å². The third-order valence-electron chi connectivity index (χ3n) is 4.59.